The Kier molecular flexibility index (Phi) is 5.30. The Labute approximate surface area is 130 Å². The fraction of sp³-hybridized carbons (Fsp3) is 0.312. The van der Waals surface area contributed by atoms with E-state index in [1.165, 1.54) is 0 Å². The van der Waals surface area contributed by atoms with Crippen LogP contribution in [0.5, 0.6) is 5.75 Å². The molecule has 0 aliphatic heterocycles. The third-order valence-corrected chi connectivity index (χ3v) is 3.12. The van der Waals surface area contributed by atoms with Gasteiger partial charge in [-0.2, -0.15) is 0 Å². The number of carbonyl (C=O) groups is 1. The molecule has 1 aromatic heterocycles. The minimum atomic E-state index is -0.0583. The summed E-state index contributed by atoms with van der Waals surface area (Å²) in [6.45, 7) is 0. The number of amides is 1. The maximum Gasteiger partial charge on any atom is 0.224 e. The van der Waals surface area contributed by atoms with E-state index in [4.69, 9.17) is 4.74 Å². The minimum absolute atomic E-state index is 0.0583. The maximum atomic E-state index is 11.9. The standard InChI is InChI=1S/C16H20N4O2/c1-20(2)16-17-10-13(11-18-16)19-15(21)9-6-12-4-7-14(22-3)8-5-12/h4-5,7-8,10-11H,6,9H2,1-3H3,(H,19,21). The molecule has 1 N–H and O–H groups in total. The van der Waals surface area contributed by atoms with E-state index < -0.39 is 0 Å². The van der Waals surface area contributed by atoms with Crippen molar-refractivity contribution in [1.29, 1.82) is 0 Å². The average Bonchev–Trinajstić information content (AvgIpc) is 2.54. The lowest BCUT2D eigenvalue weighted by Crippen LogP contribution is -2.15. The quantitative estimate of drug-likeness (QED) is 0.885. The first-order valence-corrected chi connectivity index (χ1v) is 7.00. The molecule has 0 atom stereocenters. The monoisotopic (exact) mass is 300 g/mol. The van der Waals surface area contributed by atoms with Gasteiger partial charge in [-0.05, 0) is 24.1 Å². The molecule has 0 bridgehead atoms. The van der Waals surface area contributed by atoms with Crippen molar-refractivity contribution in [2.24, 2.45) is 0 Å². The maximum absolute atomic E-state index is 11.9. The molecule has 6 heteroatoms. The van der Waals surface area contributed by atoms with Crippen molar-refractivity contribution in [3.05, 3.63) is 42.2 Å². The van der Waals surface area contributed by atoms with Crippen LogP contribution in [0.4, 0.5) is 11.6 Å². The number of hydrogen-bond acceptors (Lipinski definition) is 5. The topological polar surface area (TPSA) is 67.3 Å². The summed E-state index contributed by atoms with van der Waals surface area (Å²) in [7, 11) is 5.36. The summed E-state index contributed by atoms with van der Waals surface area (Å²) in [4.78, 5) is 22.0. The highest BCUT2D eigenvalue weighted by molar-refractivity contribution is 5.90. The molecule has 0 spiro atoms. The van der Waals surface area contributed by atoms with Gasteiger partial charge >= 0.3 is 0 Å². The van der Waals surface area contributed by atoms with Crippen LogP contribution in [0.2, 0.25) is 0 Å². The Hall–Kier alpha value is -2.63. The summed E-state index contributed by atoms with van der Waals surface area (Å²) in [5, 5.41) is 2.79. The molecule has 6 nitrogen and oxygen atoms in total. The summed E-state index contributed by atoms with van der Waals surface area (Å²) in [5.74, 6) is 1.36. The van der Waals surface area contributed by atoms with E-state index >= 15 is 0 Å². The van der Waals surface area contributed by atoms with Gasteiger partial charge < -0.3 is 15.0 Å². The Balaban J connectivity index is 1.84. The van der Waals surface area contributed by atoms with Gasteiger partial charge in [-0.15, -0.1) is 0 Å². The molecule has 0 saturated heterocycles. The summed E-state index contributed by atoms with van der Waals surface area (Å²) < 4.78 is 5.10. The lowest BCUT2D eigenvalue weighted by atomic mass is 10.1. The van der Waals surface area contributed by atoms with Crippen LogP contribution >= 0.6 is 0 Å². The second kappa shape index (κ2) is 7.40. The van der Waals surface area contributed by atoms with Crippen molar-refractivity contribution in [3.63, 3.8) is 0 Å². The Morgan fingerprint density at radius 1 is 1.18 bits per heavy atom. The number of rotatable bonds is 6. The van der Waals surface area contributed by atoms with Crippen LogP contribution in [-0.4, -0.2) is 37.1 Å². The predicted octanol–water partition coefficient (Wildman–Crippen LogP) is 2.12. The Morgan fingerprint density at radius 2 is 1.82 bits per heavy atom. The lowest BCUT2D eigenvalue weighted by molar-refractivity contribution is -0.116. The molecule has 2 aromatic rings. The molecule has 0 aliphatic carbocycles. The average molecular weight is 300 g/mol. The largest absolute Gasteiger partial charge is 0.497 e. The van der Waals surface area contributed by atoms with Crippen molar-refractivity contribution < 1.29 is 9.53 Å². The molecule has 1 amide bonds. The van der Waals surface area contributed by atoms with Crippen LogP contribution in [0, 0.1) is 0 Å². The van der Waals surface area contributed by atoms with Gasteiger partial charge in [-0.1, -0.05) is 12.1 Å². The fourth-order valence-corrected chi connectivity index (χ4v) is 1.89. The van der Waals surface area contributed by atoms with Crippen molar-refractivity contribution >= 4 is 17.5 Å². The van der Waals surface area contributed by atoms with Crippen molar-refractivity contribution in [2.75, 3.05) is 31.4 Å². The van der Waals surface area contributed by atoms with Crippen molar-refractivity contribution in [2.45, 2.75) is 12.8 Å². The van der Waals surface area contributed by atoms with Gasteiger partial charge in [0.05, 0.1) is 25.2 Å². The number of carbonyl (C=O) groups excluding carboxylic acids is 1. The normalized spacial score (nSPS) is 10.1. The van der Waals surface area contributed by atoms with Crippen LogP contribution in [0.25, 0.3) is 0 Å². The van der Waals surface area contributed by atoms with Gasteiger partial charge in [0.25, 0.3) is 0 Å². The summed E-state index contributed by atoms with van der Waals surface area (Å²) in [5.41, 5.74) is 1.69. The van der Waals surface area contributed by atoms with Gasteiger partial charge in [-0.3, -0.25) is 4.79 Å². The second-order valence-corrected chi connectivity index (χ2v) is 5.06. The van der Waals surface area contributed by atoms with Crippen LogP contribution in [0.1, 0.15) is 12.0 Å². The number of anilines is 2. The van der Waals surface area contributed by atoms with Crippen LogP contribution < -0.4 is 15.0 Å². The van der Waals surface area contributed by atoms with Crippen molar-refractivity contribution in [3.8, 4) is 5.75 Å². The molecule has 2 rings (SSSR count). The predicted molar refractivity (Wildman–Crippen MR) is 86.3 cm³/mol. The molecular weight excluding hydrogens is 280 g/mol. The zero-order valence-electron chi connectivity index (χ0n) is 13.0. The first-order chi connectivity index (χ1) is 10.6. The number of aryl methyl sites for hydroxylation is 1. The summed E-state index contributed by atoms with van der Waals surface area (Å²) in [6, 6.07) is 7.70. The molecule has 0 fully saturated rings. The minimum Gasteiger partial charge on any atom is -0.497 e. The number of ether oxygens (including phenoxy) is 1. The number of benzene rings is 1. The smallest absolute Gasteiger partial charge is 0.224 e. The van der Waals surface area contributed by atoms with Crippen molar-refractivity contribution in [1.82, 2.24) is 9.97 Å². The molecule has 1 aromatic carbocycles. The molecule has 1 heterocycles. The van der Waals surface area contributed by atoms with E-state index in [-0.39, 0.29) is 5.91 Å². The van der Waals surface area contributed by atoms with Crippen LogP contribution in [0.15, 0.2) is 36.7 Å². The third kappa shape index (κ3) is 4.44. The van der Waals surface area contributed by atoms with E-state index in [0.717, 1.165) is 11.3 Å². The van der Waals surface area contributed by atoms with E-state index in [2.05, 4.69) is 15.3 Å². The first kappa shape index (κ1) is 15.8. The van der Waals surface area contributed by atoms with Gasteiger partial charge in [0.1, 0.15) is 5.75 Å². The molecule has 0 unspecified atom stereocenters. The zero-order valence-corrected chi connectivity index (χ0v) is 13.0. The Morgan fingerprint density at radius 3 is 2.36 bits per heavy atom. The van der Waals surface area contributed by atoms with Crippen LogP contribution in [-0.2, 0) is 11.2 Å². The Bertz CT molecular complexity index is 609. The highest BCUT2D eigenvalue weighted by Gasteiger charge is 2.05. The van der Waals surface area contributed by atoms with E-state index in [0.29, 0.717) is 24.5 Å². The number of aromatic nitrogens is 2. The molecule has 116 valence electrons. The highest BCUT2D eigenvalue weighted by atomic mass is 16.5. The van der Waals surface area contributed by atoms with Gasteiger partial charge in [-0.25, -0.2) is 9.97 Å². The number of nitrogens with one attached hydrogen (secondary N) is 1. The zero-order chi connectivity index (χ0) is 15.9. The van der Waals surface area contributed by atoms with Gasteiger partial charge in [0, 0.05) is 20.5 Å². The highest BCUT2D eigenvalue weighted by Crippen LogP contribution is 2.13. The summed E-state index contributed by atoms with van der Waals surface area (Å²) >= 11 is 0. The fourth-order valence-electron chi connectivity index (χ4n) is 1.89. The van der Waals surface area contributed by atoms with Crippen LogP contribution in [0.3, 0.4) is 0 Å². The number of nitrogens with zero attached hydrogens (tertiary/aromatic N) is 3. The molecule has 0 aliphatic rings. The second-order valence-electron chi connectivity index (χ2n) is 5.06. The first-order valence-electron chi connectivity index (χ1n) is 7.00. The molecule has 22 heavy (non-hydrogen) atoms. The molecule has 0 radical (unpaired) electrons. The van der Waals surface area contributed by atoms with E-state index in [1.807, 2.05) is 38.4 Å². The number of hydrogen-bond donors (Lipinski definition) is 1. The number of methoxy groups -OCH3 is 1. The van der Waals surface area contributed by atoms with E-state index in [9.17, 15) is 4.79 Å². The summed E-state index contributed by atoms with van der Waals surface area (Å²) in [6.07, 6.45) is 4.29. The lowest BCUT2D eigenvalue weighted by Gasteiger charge is -2.10. The SMILES string of the molecule is COc1ccc(CCC(=O)Nc2cnc(N(C)C)nc2)cc1. The molecular formula is C16H20N4O2. The van der Waals surface area contributed by atoms with Gasteiger partial charge in [0.2, 0.25) is 11.9 Å². The third-order valence-electron chi connectivity index (χ3n) is 3.12. The van der Waals surface area contributed by atoms with E-state index in [1.54, 1.807) is 24.4 Å². The molecule has 0 saturated carbocycles. The van der Waals surface area contributed by atoms with Gasteiger partial charge in [0.15, 0.2) is 0 Å².